The highest BCUT2D eigenvalue weighted by Crippen LogP contribution is 2.19. The molecule has 1 aliphatic heterocycles. The molecule has 1 heterocycles. The zero-order valence-electron chi connectivity index (χ0n) is 12.6. The van der Waals surface area contributed by atoms with Gasteiger partial charge < -0.3 is 15.0 Å². The van der Waals surface area contributed by atoms with E-state index in [2.05, 4.69) is 5.32 Å². The van der Waals surface area contributed by atoms with Gasteiger partial charge in [0.2, 0.25) is 0 Å². The molecule has 1 amide bonds. The fraction of sp³-hybridized carbons (Fsp3) is 0.562. The van der Waals surface area contributed by atoms with Crippen LogP contribution in [0.3, 0.4) is 0 Å². The minimum Gasteiger partial charge on any atom is -0.388 e. The molecule has 0 aliphatic carbocycles. The summed E-state index contributed by atoms with van der Waals surface area (Å²) in [6.45, 7) is 6.24. The van der Waals surface area contributed by atoms with Gasteiger partial charge in [0.25, 0.3) is 5.91 Å². The van der Waals surface area contributed by atoms with E-state index < -0.39 is 0 Å². The topological polar surface area (TPSA) is 41.6 Å². The Hall–Kier alpha value is -1.55. The van der Waals surface area contributed by atoms with E-state index in [1.807, 2.05) is 44.0 Å². The van der Waals surface area contributed by atoms with Crippen LogP contribution in [0.2, 0.25) is 0 Å². The van der Waals surface area contributed by atoms with Gasteiger partial charge in [-0.25, -0.2) is 0 Å². The van der Waals surface area contributed by atoms with Crippen LogP contribution in [0.1, 0.15) is 35.7 Å². The molecule has 0 saturated carbocycles. The number of likely N-dealkylation sites (N-methyl/N-ethyl adjacent to an activating group) is 1. The number of carbonyl (C=O) groups is 1. The van der Waals surface area contributed by atoms with Gasteiger partial charge in [-0.3, -0.25) is 4.79 Å². The number of ether oxygens (including phenoxy) is 1. The average molecular weight is 276 g/mol. The molecule has 0 bridgehead atoms. The first-order valence-electron chi connectivity index (χ1n) is 7.35. The van der Waals surface area contributed by atoms with Crippen LogP contribution in [0.5, 0.6) is 0 Å². The molecule has 2 rings (SSSR count). The predicted octanol–water partition coefficient (Wildman–Crippen LogP) is 2.68. The maximum absolute atomic E-state index is 12.6. The minimum absolute atomic E-state index is 0.100. The Morgan fingerprint density at radius 2 is 2.30 bits per heavy atom. The van der Waals surface area contributed by atoms with E-state index >= 15 is 0 Å². The Labute approximate surface area is 121 Å². The predicted molar refractivity (Wildman–Crippen MR) is 81.3 cm³/mol. The number of aryl methyl sites for hydroxylation is 1. The van der Waals surface area contributed by atoms with Crippen LogP contribution >= 0.6 is 0 Å². The summed E-state index contributed by atoms with van der Waals surface area (Å²) in [5.74, 6) is 0.100. The van der Waals surface area contributed by atoms with Gasteiger partial charge in [0.1, 0.15) is 0 Å². The Kier molecular flexibility index (Phi) is 5.01. The number of hydrogen-bond acceptors (Lipinski definition) is 3. The highest BCUT2D eigenvalue weighted by Gasteiger charge is 2.23. The average Bonchev–Trinajstić information content (AvgIpc) is 2.96. The number of hydrogen-bond donors (Lipinski definition) is 1. The fourth-order valence-electron chi connectivity index (χ4n) is 2.62. The molecular formula is C16H24N2O2. The van der Waals surface area contributed by atoms with E-state index in [0.29, 0.717) is 13.1 Å². The second-order valence-electron chi connectivity index (χ2n) is 5.26. The molecule has 4 heteroatoms. The van der Waals surface area contributed by atoms with Gasteiger partial charge in [-0.2, -0.15) is 0 Å². The van der Waals surface area contributed by atoms with Crippen LogP contribution in [0.15, 0.2) is 18.2 Å². The van der Waals surface area contributed by atoms with Crippen LogP contribution < -0.4 is 5.32 Å². The third-order valence-corrected chi connectivity index (χ3v) is 3.86. The van der Waals surface area contributed by atoms with Crippen molar-refractivity contribution in [3.05, 3.63) is 29.3 Å². The number of benzene rings is 1. The molecule has 20 heavy (non-hydrogen) atoms. The molecule has 1 saturated heterocycles. The maximum Gasteiger partial charge on any atom is 0.254 e. The van der Waals surface area contributed by atoms with Gasteiger partial charge >= 0.3 is 0 Å². The Balaban J connectivity index is 2.11. The maximum atomic E-state index is 12.6. The largest absolute Gasteiger partial charge is 0.388 e. The van der Waals surface area contributed by atoms with Crippen LogP contribution in [-0.2, 0) is 4.74 Å². The summed E-state index contributed by atoms with van der Waals surface area (Å²) in [5.41, 5.74) is 2.82. The SMILES string of the molecule is CCN(CC1CCCO1)C(=O)c1ccc(NC)cc1C. The standard InChI is InChI=1S/C16H24N2O2/c1-4-18(11-14-6-5-9-20-14)16(19)15-8-7-13(17-3)10-12(15)2/h7-8,10,14,17H,4-6,9,11H2,1-3H3. The van der Waals surface area contributed by atoms with Crippen molar-refractivity contribution in [2.24, 2.45) is 0 Å². The summed E-state index contributed by atoms with van der Waals surface area (Å²) in [5, 5.41) is 3.09. The van der Waals surface area contributed by atoms with E-state index in [0.717, 1.165) is 36.3 Å². The molecule has 1 atom stereocenters. The summed E-state index contributed by atoms with van der Waals surface area (Å²) in [4.78, 5) is 14.5. The van der Waals surface area contributed by atoms with Crippen molar-refractivity contribution in [2.45, 2.75) is 32.8 Å². The van der Waals surface area contributed by atoms with Crippen molar-refractivity contribution in [3.8, 4) is 0 Å². The lowest BCUT2D eigenvalue weighted by atomic mass is 10.1. The van der Waals surface area contributed by atoms with E-state index in [-0.39, 0.29) is 12.0 Å². The van der Waals surface area contributed by atoms with Gasteiger partial charge in [0, 0.05) is 38.0 Å². The highest BCUT2D eigenvalue weighted by molar-refractivity contribution is 5.96. The molecule has 1 aromatic carbocycles. The van der Waals surface area contributed by atoms with Gasteiger partial charge in [0.05, 0.1) is 6.10 Å². The minimum atomic E-state index is 0.100. The summed E-state index contributed by atoms with van der Waals surface area (Å²) in [6, 6.07) is 5.86. The molecule has 110 valence electrons. The van der Waals surface area contributed by atoms with Crippen LogP contribution in [0.25, 0.3) is 0 Å². The fourth-order valence-corrected chi connectivity index (χ4v) is 2.62. The molecule has 0 radical (unpaired) electrons. The van der Waals surface area contributed by atoms with E-state index in [4.69, 9.17) is 4.74 Å². The molecule has 1 aliphatic rings. The van der Waals surface area contributed by atoms with Gasteiger partial charge in [-0.05, 0) is 50.5 Å². The van der Waals surface area contributed by atoms with Crippen LogP contribution in [-0.4, -0.2) is 43.7 Å². The number of carbonyl (C=O) groups excluding carboxylic acids is 1. The van der Waals surface area contributed by atoms with Crippen LogP contribution in [0.4, 0.5) is 5.69 Å². The molecule has 0 aromatic heterocycles. The Morgan fingerprint density at radius 3 is 2.85 bits per heavy atom. The summed E-state index contributed by atoms with van der Waals surface area (Å²) in [7, 11) is 1.88. The smallest absolute Gasteiger partial charge is 0.254 e. The molecule has 1 fully saturated rings. The molecule has 4 nitrogen and oxygen atoms in total. The quantitative estimate of drug-likeness (QED) is 0.899. The van der Waals surface area contributed by atoms with Crippen molar-refractivity contribution >= 4 is 11.6 Å². The summed E-state index contributed by atoms with van der Waals surface area (Å²) < 4.78 is 5.63. The molecular weight excluding hydrogens is 252 g/mol. The van der Waals surface area contributed by atoms with Crippen molar-refractivity contribution < 1.29 is 9.53 Å². The number of rotatable bonds is 5. The number of anilines is 1. The van der Waals surface area contributed by atoms with Gasteiger partial charge in [0.15, 0.2) is 0 Å². The normalized spacial score (nSPS) is 18.1. The third kappa shape index (κ3) is 3.31. The lowest BCUT2D eigenvalue weighted by Gasteiger charge is -2.25. The van der Waals surface area contributed by atoms with E-state index in [1.165, 1.54) is 0 Å². The zero-order chi connectivity index (χ0) is 14.5. The lowest BCUT2D eigenvalue weighted by Crippen LogP contribution is -2.37. The molecule has 1 unspecified atom stereocenters. The molecule has 0 spiro atoms. The van der Waals surface area contributed by atoms with Crippen LogP contribution in [0, 0.1) is 6.92 Å². The molecule has 1 aromatic rings. The first kappa shape index (κ1) is 14.9. The molecule has 1 N–H and O–H groups in total. The Morgan fingerprint density at radius 1 is 1.50 bits per heavy atom. The van der Waals surface area contributed by atoms with Gasteiger partial charge in [-0.15, -0.1) is 0 Å². The number of nitrogens with zero attached hydrogens (tertiary/aromatic N) is 1. The summed E-state index contributed by atoms with van der Waals surface area (Å²) >= 11 is 0. The highest BCUT2D eigenvalue weighted by atomic mass is 16.5. The number of amides is 1. The first-order valence-corrected chi connectivity index (χ1v) is 7.35. The van der Waals surface area contributed by atoms with E-state index in [1.54, 1.807) is 0 Å². The zero-order valence-corrected chi connectivity index (χ0v) is 12.6. The Bertz CT molecular complexity index is 468. The lowest BCUT2D eigenvalue weighted by molar-refractivity contribution is 0.0538. The number of nitrogens with one attached hydrogen (secondary N) is 1. The second-order valence-corrected chi connectivity index (χ2v) is 5.26. The van der Waals surface area contributed by atoms with Crippen molar-refractivity contribution in [1.29, 1.82) is 0 Å². The monoisotopic (exact) mass is 276 g/mol. The van der Waals surface area contributed by atoms with Crippen molar-refractivity contribution in [1.82, 2.24) is 4.90 Å². The summed E-state index contributed by atoms with van der Waals surface area (Å²) in [6.07, 6.45) is 2.36. The third-order valence-electron chi connectivity index (χ3n) is 3.86. The van der Waals surface area contributed by atoms with E-state index in [9.17, 15) is 4.79 Å². The van der Waals surface area contributed by atoms with Gasteiger partial charge in [-0.1, -0.05) is 0 Å². The van der Waals surface area contributed by atoms with Crippen molar-refractivity contribution in [2.75, 3.05) is 32.1 Å². The first-order chi connectivity index (χ1) is 9.65. The second kappa shape index (κ2) is 6.75. The van der Waals surface area contributed by atoms with Crippen molar-refractivity contribution in [3.63, 3.8) is 0 Å².